The SMILES string of the molecule is C#C.CC.CCC(=O)OCC(=O)C1CCC2C3CCC4=CC(=O)CCC4(C)C3C(O)CC12C. The van der Waals surface area contributed by atoms with Crippen LogP contribution in [0, 0.1) is 47.3 Å². The van der Waals surface area contributed by atoms with Gasteiger partial charge in [-0.05, 0) is 73.2 Å². The van der Waals surface area contributed by atoms with E-state index in [0.717, 1.165) is 32.1 Å². The third-order valence-electron chi connectivity index (χ3n) is 8.95. The Morgan fingerprint density at radius 2 is 1.82 bits per heavy atom. The second-order valence-electron chi connectivity index (χ2n) is 10.3. The van der Waals surface area contributed by atoms with Crippen molar-refractivity contribution in [1.29, 1.82) is 0 Å². The topological polar surface area (TPSA) is 80.7 Å². The van der Waals surface area contributed by atoms with E-state index in [1.165, 1.54) is 5.57 Å². The maximum Gasteiger partial charge on any atom is 0.305 e. The average molecular weight is 459 g/mol. The van der Waals surface area contributed by atoms with E-state index >= 15 is 0 Å². The average Bonchev–Trinajstić information content (AvgIpc) is 3.16. The van der Waals surface area contributed by atoms with E-state index in [4.69, 9.17) is 4.74 Å². The van der Waals surface area contributed by atoms with Gasteiger partial charge in [-0.25, -0.2) is 0 Å². The maximum atomic E-state index is 12.9. The molecule has 0 radical (unpaired) electrons. The Balaban J connectivity index is 0.000000914. The normalized spacial score (nSPS) is 38.6. The van der Waals surface area contributed by atoms with Crippen LogP contribution in [0.15, 0.2) is 11.6 Å². The fourth-order valence-electron chi connectivity index (χ4n) is 7.57. The summed E-state index contributed by atoms with van der Waals surface area (Å²) in [7, 11) is 0. The van der Waals surface area contributed by atoms with Crippen LogP contribution in [-0.2, 0) is 19.1 Å². The first-order chi connectivity index (χ1) is 15.7. The summed E-state index contributed by atoms with van der Waals surface area (Å²) in [4.78, 5) is 36.4. The van der Waals surface area contributed by atoms with Gasteiger partial charge in [-0.1, -0.05) is 40.2 Å². The number of hydrogen-bond acceptors (Lipinski definition) is 5. The second-order valence-corrected chi connectivity index (χ2v) is 10.3. The van der Waals surface area contributed by atoms with Crippen LogP contribution in [-0.4, -0.2) is 35.4 Å². The number of allylic oxidation sites excluding steroid dienone is 1. The second kappa shape index (κ2) is 11.0. The highest BCUT2D eigenvalue weighted by molar-refractivity contribution is 5.91. The molecular formula is C28H42O5. The van der Waals surface area contributed by atoms with Crippen LogP contribution in [0.5, 0.6) is 0 Å². The van der Waals surface area contributed by atoms with Gasteiger partial charge in [0.1, 0.15) is 6.61 Å². The monoisotopic (exact) mass is 458 g/mol. The number of carbonyl (C=O) groups excluding carboxylic acids is 3. The molecular weight excluding hydrogens is 416 g/mol. The van der Waals surface area contributed by atoms with Crippen LogP contribution >= 0.6 is 0 Å². The van der Waals surface area contributed by atoms with Crippen molar-refractivity contribution >= 4 is 17.5 Å². The zero-order valence-electron chi connectivity index (χ0n) is 21.1. The summed E-state index contributed by atoms with van der Waals surface area (Å²) in [5.41, 5.74) is 0.893. The molecule has 0 saturated heterocycles. The van der Waals surface area contributed by atoms with Gasteiger partial charge in [-0.2, -0.15) is 0 Å². The Labute approximate surface area is 199 Å². The molecule has 0 aromatic heterocycles. The van der Waals surface area contributed by atoms with Gasteiger partial charge < -0.3 is 9.84 Å². The summed E-state index contributed by atoms with van der Waals surface area (Å²) in [5, 5.41) is 11.3. The Bertz CT molecular complexity index is 795. The minimum absolute atomic E-state index is 0.00770. The number of rotatable bonds is 4. The number of aliphatic hydroxyl groups is 1. The van der Waals surface area contributed by atoms with Gasteiger partial charge in [0.2, 0.25) is 0 Å². The van der Waals surface area contributed by atoms with Gasteiger partial charge >= 0.3 is 5.97 Å². The summed E-state index contributed by atoms with van der Waals surface area (Å²) < 4.78 is 5.13. The van der Waals surface area contributed by atoms with E-state index in [2.05, 4.69) is 26.7 Å². The molecule has 4 aliphatic rings. The number of terminal acetylenes is 1. The van der Waals surface area contributed by atoms with E-state index in [1.54, 1.807) is 6.92 Å². The summed E-state index contributed by atoms with van der Waals surface area (Å²) in [6, 6.07) is 0. The fourth-order valence-corrected chi connectivity index (χ4v) is 7.57. The zero-order chi connectivity index (χ0) is 25.0. The van der Waals surface area contributed by atoms with Crippen LogP contribution < -0.4 is 0 Å². The van der Waals surface area contributed by atoms with Crippen molar-refractivity contribution in [3.05, 3.63) is 11.6 Å². The lowest BCUT2D eigenvalue weighted by molar-refractivity contribution is -0.155. The highest BCUT2D eigenvalue weighted by Crippen LogP contribution is 2.66. The van der Waals surface area contributed by atoms with Crippen molar-refractivity contribution in [1.82, 2.24) is 0 Å². The fraction of sp³-hybridized carbons (Fsp3) is 0.750. The van der Waals surface area contributed by atoms with Crippen molar-refractivity contribution in [2.75, 3.05) is 6.61 Å². The van der Waals surface area contributed by atoms with Crippen molar-refractivity contribution in [2.24, 2.45) is 34.5 Å². The first kappa shape index (κ1) is 27.3. The summed E-state index contributed by atoms with van der Waals surface area (Å²) in [5.74, 6) is 0.699. The largest absolute Gasteiger partial charge is 0.458 e. The number of aliphatic hydroxyl groups excluding tert-OH is 1. The third-order valence-corrected chi connectivity index (χ3v) is 8.95. The van der Waals surface area contributed by atoms with Crippen LogP contribution in [0.4, 0.5) is 0 Å². The van der Waals surface area contributed by atoms with Crippen LogP contribution in [0.2, 0.25) is 0 Å². The summed E-state index contributed by atoms with van der Waals surface area (Å²) in [6.07, 6.45) is 15.4. The molecule has 0 amide bonds. The summed E-state index contributed by atoms with van der Waals surface area (Å²) >= 11 is 0. The molecule has 0 spiro atoms. The van der Waals surface area contributed by atoms with Crippen molar-refractivity contribution in [3.63, 3.8) is 0 Å². The molecule has 0 bridgehead atoms. The van der Waals surface area contributed by atoms with E-state index < -0.39 is 6.10 Å². The van der Waals surface area contributed by atoms with Crippen molar-refractivity contribution in [3.8, 4) is 12.8 Å². The number of ether oxygens (including phenoxy) is 1. The minimum Gasteiger partial charge on any atom is -0.458 e. The van der Waals surface area contributed by atoms with Gasteiger partial charge in [0.25, 0.3) is 0 Å². The molecule has 0 aromatic carbocycles. The van der Waals surface area contributed by atoms with Crippen LogP contribution in [0.3, 0.4) is 0 Å². The Kier molecular flexibility index (Phi) is 9.10. The van der Waals surface area contributed by atoms with Crippen molar-refractivity contribution < 1.29 is 24.2 Å². The molecule has 3 saturated carbocycles. The predicted octanol–water partition coefficient (Wildman–Crippen LogP) is 4.90. The molecule has 4 aliphatic carbocycles. The Hall–Kier alpha value is -1.93. The first-order valence-electron chi connectivity index (χ1n) is 12.6. The quantitative estimate of drug-likeness (QED) is 0.479. The molecule has 1 N–H and O–H groups in total. The van der Waals surface area contributed by atoms with Gasteiger partial charge in [0.15, 0.2) is 11.6 Å². The molecule has 184 valence electrons. The molecule has 4 rings (SSSR count). The third kappa shape index (κ3) is 4.83. The standard InChI is InChI=1S/C24H34O5.C2H6.C2H2/c1-4-21(28)29-13-20(27)18-8-7-17-16-6-5-14-11-15(25)9-10-23(14,2)22(16)19(26)12-24(17,18)3;2*1-2/h11,16-19,22,26H,4-10,12-13H2,1-3H3;1-2H3;1-2H. The molecule has 7 atom stereocenters. The lowest BCUT2D eigenvalue weighted by Gasteiger charge is -2.59. The van der Waals surface area contributed by atoms with Gasteiger partial charge in [-0.3, -0.25) is 14.4 Å². The van der Waals surface area contributed by atoms with E-state index in [-0.39, 0.29) is 53.2 Å². The lowest BCUT2D eigenvalue weighted by atomic mass is 9.46. The Morgan fingerprint density at radius 3 is 2.45 bits per heavy atom. The molecule has 0 heterocycles. The number of Topliss-reactive ketones (excluding diaryl/α,β-unsaturated/α-hetero) is 1. The zero-order valence-corrected chi connectivity index (χ0v) is 21.1. The molecule has 5 nitrogen and oxygen atoms in total. The van der Waals surface area contributed by atoms with Gasteiger partial charge in [0.05, 0.1) is 6.10 Å². The van der Waals surface area contributed by atoms with E-state index in [1.807, 2.05) is 19.9 Å². The Morgan fingerprint density at radius 1 is 1.15 bits per heavy atom. The lowest BCUT2D eigenvalue weighted by Crippen LogP contribution is -2.57. The predicted molar refractivity (Wildman–Crippen MR) is 129 cm³/mol. The smallest absolute Gasteiger partial charge is 0.305 e. The molecule has 3 fully saturated rings. The highest BCUT2D eigenvalue weighted by Gasteiger charge is 2.62. The molecule has 33 heavy (non-hydrogen) atoms. The minimum atomic E-state index is -0.463. The highest BCUT2D eigenvalue weighted by atomic mass is 16.5. The summed E-state index contributed by atoms with van der Waals surface area (Å²) in [6.45, 7) is 10.0. The van der Waals surface area contributed by atoms with Gasteiger partial charge in [-0.15, -0.1) is 12.8 Å². The number of fused-ring (bicyclic) bond motifs is 5. The molecule has 0 aromatic rings. The van der Waals surface area contributed by atoms with E-state index in [9.17, 15) is 19.5 Å². The molecule has 7 unspecified atom stereocenters. The van der Waals surface area contributed by atoms with Crippen LogP contribution in [0.1, 0.15) is 86.0 Å². The number of carbonyl (C=O) groups is 3. The first-order valence-corrected chi connectivity index (χ1v) is 12.6. The van der Waals surface area contributed by atoms with Crippen LogP contribution in [0.25, 0.3) is 0 Å². The number of hydrogen-bond donors (Lipinski definition) is 1. The number of esters is 1. The molecule has 5 heteroatoms. The van der Waals surface area contributed by atoms with Gasteiger partial charge in [0, 0.05) is 18.8 Å². The van der Waals surface area contributed by atoms with Crippen molar-refractivity contribution in [2.45, 2.75) is 92.1 Å². The molecule has 0 aliphatic heterocycles. The van der Waals surface area contributed by atoms with E-state index in [0.29, 0.717) is 24.7 Å². The maximum absolute atomic E-state index is 12.9. The number of ketones is 2.